The molecule has 0 amide bonds. The molecule has 1 aromatic heterocycles. The summed E-state index contributed by atoms with van der Waals surface area (Å²) < 4.78 is 0. The van der Waals surface area contributed by atoms with E-state index in [1.165, 1.54) is 18.4 Å². The largest absolute Gasteiger partial charge is 0.384 e. The standard InChI is InChI=1S/C18H24N4/c19-18-3-1-2-17(22-18)15-6-4-14(5-7-15)8-13-21-16-9-11-20-12-10-16/h1-7,16,20-21H,8-13H2,(H2,19,22). The van der Waals surface area contributed by atoms with Crippen LogP contribution in [0.25, 0.3) is 11.3 Å². The monoisotopic (exact) mass is 296 g/mol. The third-order valence-electron chi connectivity index (χ3n) is 4.21. The molecule has 4 nitrogen and oxygen atoms in total. The van der Waals surface area contributed by atoms with Crippen molar-refractivity contribution in [1.29, 1.82) is 0 Å². The van der Waals surface area contributed by atoms with Crippen LogP contribution in [-0.2, 0) is 6.42 Å². The van der Waals surface area contributed by atoms with Gasteiger partial charge in [-0.15, -0.1) is 0 Å². The molecule has 3 rings (SSSR count). The molecule has 1 aromatic carbocycles. The third kappa shape index (κ3) is 4.06. The summed E-state index contributed by atoms with van der Waals surface area (Å²) in [4.78, 5) is 4.36. The van der Waals surface area contributed by atoms with Crippen molar-refractivity contribution in [3.8, 4) is 11.3 Å². The summed E-state index contributed by atoms with van der Waals surface area (Å²) >= 11 is 0. The van der Waals surface area contributed by atoms with E-state index in [4.69, 9.17) is 5.73 Å². The van der Waals surface area contributed by atoms with Gasteiger partial charge in [0.2, 0.25) is 0 Å². The molecule has 0 aliphatic carbocycles. The summed E-state index contributed by atoms with van der Waals surface area (Å²) in [7, 11) is 0. The molecule has 1 aliphatic heterocycles. The molecule has 4 N–H and O–H groups in total. The Morgan fingerprint density at radius 1 is 1.09 bits per heavy atom. The lowest BCUT2D eigenvalue weighted by Crippen LogP contribution is -2.40. The molecule has 0 unspecified atom stereocenters. The first-order valence-corrected chi connectivity index (χ1v) is 8.07. The number of hydrogen-bond donors (Lipinski definition) is 3. The van der Waals surface area contributed by atoms with Gasteiger partial charge in [-0.05, 0) is 56.6 Å². The minimum Gasteiger partial charge on any atom is -0.384 e. The molecule has 0 bridgehead atoms. The molecule has 116 valence electrons. The molecule has 0 saturated carbocycles. The molecule has 0 atom stereocenters. The summed E-state index contributed by atoms with van der Waals surface area (Å²) in [6.45, 7) is 3.32. The highest BCUT2D eigenvalue weighted by atomic mass is 15.0. The molecule has 0 radical (unpaired) electrons. The highest BCUT2D eigenvalue weighted by Gasteiger charge is 2.11. The molecule has 1 aliphatic rings. The lowest BCUT2D eigenvalue weighted by atomic mass is 10.0. The van der Waals surface area contributed by atoms with Gasteiger partial charge in [-0.1, -0.05) is 30.3 Å². The zero-order valence-electron chi connectivity index (χ0n) is 12.9. The van der Waals surface area contributed by atoms with Gasteiger partial charge in [0.15, 0.2) is 0 Å². The molecule has 1 saturated heterocycles. The summed E-state index contributed by atoms with van der Waals surface area (Å²) in [6, 6.07) is 15.0. The number of benzene rings is 1. The van der Waals surface area contributed by atoms with Crippen molar-refractivity contribution in [3.63, 3.8) is 0 Å². The molecular weight excluding hydrogens is 272 g/mol. The van der Waals surface area contributed by atoms with Crippen LogP contribution in [0.1, 0.15) is 18.4 Å². The van der Waals surface area contributed by atoms with Crippen molar-refractivity contribution in [3.05, 3.63) is 48.0 Å². The van der Waals surface area contributed by atoms with Gasteiger partial charge in [-0.25, -0.2) is 4.98 Å². The van der Waals surface area contributed by atoms with Crippen LogP contribution in [0.3, 0.4) is 0 Å². The molecule has 2 aromatic rings. The second-order valence-electron chi connectivity index (χ2n) is 5.87. The first-order valence-electron chi connectivity index (χ1n) is 8.07. The van der Waals surface area contributed by atoms with E-state index in [1.807, 2.05) is 18.2 Å². The van der Waals surface area contributed by atoms with E-state index in [0.717, 1.165) is 37.3 Å². The quantitative estimate of drug-likeness (QED) is 0.791. The SMILES string of the molecule is Nc1cccc(-c2ccc(CCNC3CCNCC3)cc2)n1. The summed E-state index contributed by atoms with van der Waals surface area (Å²) in [6.07, 6.45) is 3.54. The van der Waals surface area contributed by atoms with Crippen LogP contribution in [0.15, 0.2) is 42.5 Å². The maximum Gasteiger partial charge on any atom is 0.124 e. The van der Waals surface area contributed by atoms with E-state index < -0.39 is 0 Å². The number of nitrogen functional groups attached to an aromatic ring is 1. The normalized spacial score (nSPS) is 15.8. The average molecular weight is 296 g/mol. The molecular formula is C18H24N4. The second kappa shape index (κ2) is 7.38. The van der Waals surface area contributed by atoms with Crippen molar-refractivity contribution in [2.45, 2.75) is 25.3 Å². The number of nitrogens with two attached hydrogens (primary N) is 1. The van der Waals surface area contributed by atoms with Gasteiger partial charge < -0.3 is 16.4 Å². The fourth-order valence-electron chi connectivity index (χ4n) is 2.90. The summed E-state index contributed by atoms with van der Waals surface area (Å²) in [5.74, 6) is 0.563. The van der Waals surface area contributed by atoms with Crippen LogP contribution in [0.5, 0.6) is 0 Å². The van der Waals surface area contributed by atoms with E-state index in [-0.39, 0.29) is 0 Å². The Kier molecular flexibility index (Phi) is 5.03. The predicted octanol–water partition coefficient (Wildman–Crippen LogP) is 2.21. The van der Waals surface area contributed by atoms with Gasteiger partial charge >= 0.3 is 0 Å². The molecule has 1 fully saturated rings. The summed E-state index contributed by atoms with van der Waals surface area (Å²) in [5, 5.41) is 7.05. The van der Waals surface area contributed by atoms with Gasteiger partial charge in [0, 0.05) is 11.6 Å². The van der Waals surface area contributed by atoms with Gasteiger partial charge in [-0.3, -0.25) is 0 Å². The van der Waals surface area contributed by atoms with E-state index in [1.54, 1.807) is 0 Å². The maximum atomic E-state index is 5.74. The number of anilines is 1. The highest BCUT2D eigenvalue weighted by molar-refractivity contribution is 5.61. The van der Waals surface area contributed by atoms with Crippen LogP contribution in [0, 0.1) is 0 Å². The fraction of sp³-hybridized carbons (Fsp3) is 0.389. The minimum atomic E-state index is 0.563. The number of aromatic nitrogens is 1. The molecule has 0 spiro atoms. The summed E-state index contributed by atoms with van der Waals surface area (Å²) in [5.41, 5.74) is 9.14. The number of nitrogens with one attached hydrogen (secondary N) is 2. The zero-order chi connectivity index (χ0) is 15.2. The minimum absolute atomic E-state index is 0.563. The van der Waals surface area contributed by atoms with Crippen LogP contribution in [0.2, 0.25) is 0 Å². The lowest BCUT2D eigenvalue weighted by Gasteiger charge is -2.23. The van der Waals surface area contributed by atoms with Crippen molar-refractivity contribution in [1.82, 2.24) is 15.6 Å². The van der Waals surface area contributed by atoms with Crippen LogP contribution >= 0.6 is 0 Å². The Balaban J connectivity index is 1.53. The van der Waals surface area contributed by atoms with Gasteiger partial charge in [0.25, 0.3) is 0 Å². The zero-order valence-corrected chi connectivity index (χ0v) is 12.9. The van der Waals surface area contributed by atoms with Crippen LogP contribution in [0.4, 0.5) is 5.82 Å². The number of hydrogen-bond acceptors (Lipinski definition) is 4. The molecule has 22 heavy (non-hydrogen) atoms. The second-order valence-corrected chi connectivity index (χ2v) is 5.87. The maximum absolute atomic E-state index is 5.74. The predicted molar refractivity (Wildman–Crippen MR) is 91.7 cm³/mol. The Hall–Kier alpha value is -1.91. The van der Waals surface area contributed by atoms with Crippen molar-refractivity contribution >= 4 is 5.82 Å². The first kappa shape index (κ1) is 15.0. The van der Waals surface area contributed by atoms with Crippen molar-refractivity contribution in [2.24, 2.45) is 0 Å². The van der Waals surface area contributed by atoms with Crippen molar-refractivity contribution < 1.29 is 0 Å². The van der Waals surface area contributed by atoms with Crippen LogP contribution < -0.4 is 16.4 Å². The van der Waals surface area contributed by atoms with E-state index in [0.29, 0.717) is 11.9 Å². The van der Waals surface area contributed by atoms with E-state index in [2.05, 4.69) is 39.9 Å². The van der Waals surface area contributed by atoms with Crippen LogP contribution in [-0.4, -0.2) is 30.7 Å². The van der Waals surface area contributed by atoms with E-state index >= 15 is 0 Å². The average Bonchev–Trinajstić information content (AvgIpc) is 2.56. The Bertz CT molecular complexity index is 588. The van der Waals surface area contributed by atoms with E-state index in [9.17, 15) is 0 Å². The number of pyridine rings is 1. The smallest absolute Gasteiger partial charge is 0.124 e. The fourth-order valence-corrected chi connectivity index (χ4v) is 2.90. The third-order valence-corrected chi connectivity index (χ3v) is 4.21. The number of rotatable bonds is 5. The molecule has 4 heteroatoms. The Morgan fingerprint density at radius 3 is 2.59 bits per heavy atom. The van der Waals surface area contributed by atoms with Crippen molar-refractivity contribution in [2.75, 3.05) is 25.4 Å². The van der Waals surface area contributed by atoms with Gasteiger partial charge in [-0.2, -0.15) is 0 Å². The van der Waals surface area contributed by atoms with Gasteiger partial charge in [0.05, 0.1) is 5.69 Å². The number of piperidine rings is 1. The van der Waals surface area contributed by atoms with Gasteiger partial charge in [0.1, 0.15) is 5.82 Å². The lowest BCUT2D eigenvalue weighted by molar-refractivity contribution is 0.389. The Labute approximate surface area is 132 Å². The topological polar surface area (TPSA) is 63.0 Å². The Morgan fingerprint density at radius 2 is 1.86 bits per heavy atom. The first-order chi connectivity index (χ1) is 10.8. The number of nitrogens with zero attached hydrogens (tertiary/aromatic N) is 1. The molecule has 2 heterocycles. The highest BCUT2D eigenvalue weighted by Crippen LogP contribution is 2.18.